The van der Waals surface area contributed by atoms with Crippen LogP contribution in [0.25, 0.3) is 6.08 Å². The van der Waals surface area contributed by atoms with Crippen LogP contribution in [0.2, 0.25) is 0 Å². The fourth-order valence-electron chi connectivity index (χ4n) is 2.93. The van der Waals surface area contributed by atoms with Gasteiger partial charge in [0.2, 0.25) is 0 Å². The zero-order chi connectivity index (χ0) is 19.1. The van der Waals surface area contributed by atoms with Crippen molar-refractivity contribution < 1.29 is 14.3 Å². The van der Waals surface area contributed by atoms with Gasteiger partial charge in [-0.2, -0.15) is 0 Å². The second-order valence-corrected chi connectivity index (χ2v) is 8.00. The molecule has 1 aromatic carbocycles. The summed E-state index contributed by atoms with van der Waals surface area (Å²) in [5.41, 5.74) is 0.890. The zero-order valence-corrected chi connectivity index (χ0v) is 17.5. The molecule has 2 rings (SSSR count). The van der Waals surface area contributed by atoms with Crippen molar-refractivity contribution in [2.75, 3.05) is 20.8 Å². The highest BCUT2D eigenvalue weighted by Crippen LogP contribution is 2.35. The van der Waals surface area contributed by atoms with Crippen LogP contribution < -0.4 is 9.47 Å². The molecule has 0 radical (unpaired) electrons. The van der Waals surface area contributed by atoms with Gasteiger partial charge in [-0.15, -0.1) is 0 Å². The van der Waals surface area contributed by atoms with Crippen molar-refractivity contribution in [3.63, 3.8) is 0 Å². The molecule has 1 saturated heterocycles. The maximum absolute atomic E-state index is 12.8. The van der Waals surface area contributed by atoms with Crippen molar-refractivity contribution in [3.05, 3.63) is 28.7 Å². The van der Waals surface area contributed by atoms with Crippen molar-refractivity contribution in [3.8, 4) is 11.5 Å². The minimum absolute atomic E-state index is 0.00438. The van der Waals surface area contributed by atoms with E-state index in [-0.39, 0.29) is 5.91 Å². The minimum Gasteiger partial charge on any atom is -0.493 e. The lowest BCUT2D eigenvalue weighted by Crippen LogP contribution is -2.33. The van der Waals surface area contributed by atoms with Gasteiger partial charge in [0.25, 0.3) is 5.91 Å². The number of ether oxygens (including phenoxy) is 2. The summed E-state index contributed by atoms with van der Waals surface area (Å²) < 4.78 is 11.2. The number of thioether (sulfide) groups is 1. The summed E-state index contributed by atoms with van der Waals surface area (Å²) in [5, 5.41) is 0. The number of carbonyl (C=O) groups excluding carboxylic acids is 1. The van der Waals surface area contributed by atoms with Gasteiger partial charge in [0.1, 0.15) is 4.32 Å². The number of hydrogen-bond donors (Lipinski definition) is 0. The van der Waals surface area contributed by atoms with Crippen LogP contribution in [0.15, 0.2) is 23.1 Å². The van der Waals surface area contributed by atoms with Crippen LogP contribution in [-0.4, -0.2) is 35.9 Å². The van der Waals surface area contributed by atoms with E-state index in [0.717, 1.165) is 18.4 Å². The number of amides is 1. The maximum Gasteiger partial charge on any atom is 0.266 e. The van der Waals surface area contributed by atoms with Gasteiger partial charge in [-0.25, -0.2) is 0 Å². The van der Waals surface area contributed by atoms with Crippen LogP contribution >= 0.6 is 24.0 Å². The summed E-state index contributed by atoms with van der Waals surface area (Å²) in [5.74, 6) is 1.81. The quantitative estimate of drug-likeness (QED) is 0.430. The Morgan fingerprint density at radius 3 is 2.58 bits per heavy atom. The normalized spacial score (nSPS) is 17.1. The van der Waals surface area contributed by atoms with Crippen LogP contribution in [-0.2, 0) is 4.79 Å². The largest absolute Gasteiger partial charge is 0.493 e. The number of benzene rings is 1. The van der Waals surface area contributed by atoms with E-state index < -0.39 is 0 Å². The molecule has 0 aromatic heterocycles. The molecule has 1 amide bonds. The molecule has 1 aliphatic rings. The molecule has 0 saturated carbocycles. The van der Waals surface area contributed by atoms with Crippen molar-refractivity contribution in [1.29, 1.82) is 0 Å². The lowest BCUT2D eigenvalue weighted by Gasteiger charge is -2.21. The number of hydrogen-bond acceptors (Lipinski definition) is 5. The summed E-state index contributed by atoms with van der Waals surface area (Å²) in [7, 11) is 3.20. The van der Waals surface area contributed by atoms with E-state index >= 15 is 0 Å². The molecule has 1 fully saturated rings. The molecule has 1 heterocycles. The molecule has 0 spiro atoms. The smallest absolute Gasteiger partial charge is 0.266 e. The standard InChI is InChI=1S/C20H27NO3S2/c1-5-7-8-14(6-2)13-21-19(22)18(26-20(21)25)12-15-9-10-16(23-3)17(11-15)24-4/h9-12,14H,5-8,13H2,1-4H3/b18-12-/t14-/m0/s1. The highest BCUT2D eigenvalue weighted by atomic mass is 32.2. The average molecular weight is 394 g/mol. The highest BCUT2D eigenvalue weighted by molar-refractivity contribution is 8.26. The van der Waals surface area contributed by atoms with Crippen molar-refractivity contribution in [1.82, 2.24) is 4.90 Å². The lowest BCUT2D eigenvalue weighted by molar-refractivity contribution is -0.122. The van der Waals surface area contributed by atoms with E-state index in [4.69, 9.17) is 21.7 Å². The molecule has 1 atom stereocenters. The average Bonchev–Trinajstić information content (AvgIpc) is 2.91. The van der Waals surface area contributed by atoms with Crippen molar-refractivity contribution >= 4 is 40.3 Å². The van der Waals surface area contributed by atoms with Gasteiger partial charge in [-0.3, -0.25) is 9.69 Å². The van der Waals surface area contributed by atoms with Crippen LogP contribution in [0, 0.1) is 5.92 Å². The number of nitrogens with zero attached hydrogens (tertiary/aromatic N) is 1. The molecular weight excluding hydrogens is 366 g/mol. The van der Waals surface area contributed by atoms with Crippen molar-refractivity contribution in [2.45, 2.75) is 39.5 Å². The van der Waals surface area contributed by atoms with E-state index in [0.29, 0.717) is 33.2 Å². The van der Waals surface area contributed by atoms with Gasteiger partial charge >= 0.3 is 0 Å². The van der Waals surface area contributed by atoms with Crippen LogP contribution in [0.5, 0.6) is 11.5 Å². The second-order valence-electron chi connectivity index (χ2n) is 6.32. The summed E-state index contributed by atoms with van der Waals surface area (Å²) in [4.78, 5) is 15.2. The Hall–Kier alpha value is -1.53. The number of thiocarbonyl (C=S) groups is 1. The van der Waals surface area contributed by atoms with Crippen LogP contribution in [0.4, 0.5) is 0 Å². The molecule has 0 bridgehead atoms. The maximum atomic E-state index is 12.8. The van der Waals surface area contributed by atoms with Gasteiger partial charge in [0, 0.05) is 6.54 Å². The first-order valence-electron chi connectivity index (χ1n) is 9.01. The Kier molecular flexibility index (Phi) is 7.97. The van der Waals surface area contributed by atoms with Crippen LogP contribution in [0.3, 0.4) is 0 Å². The molecule has 4 nitrogen and oxygen atoms in total. The third kappa shape index (κ3) is 5.01. The first-order chi connectivity index (χ1) is 12.5. The van der Waals surface area contributed by atoms with E-state index in [2.05, 4.69) is 13.8 Å². The molecule has 142 valence electrons. The topological polar surface area (TPSA) is 38.8 Å². The number of carbonyl (C=O) groups is 1. The molecule has 0 unspecified atom stereocenters. The molecule has 1 aromatic rings. The third-order valence-electron chi connectivity index (χ3n) is 4.56. The summed E-state index contributed by atoms with van der Waals surface area (Å²) in [6.45, 7) is 5.08. The van der Waals surface area contributed by atoms with E-state index in [1.165, 1.54) is 24.6 Å². The zero-order valence-electron chi connectivity index (χ0n) is 15.9. The molecule has 6 heteroatoms. The first kappa shape index (κ1) is 20.8. The van der Waals surface area contributed by atoms with Gasteiger partial charge in [0.05, 0.1) is 19.1 Å². The Morgan fingerprint density at radius 2 is 1.96 bits per heavy atom. The third-order valence-corrected chi connectivity index (χ3v) is 5.94. The number of methoxy groups -OCH3 is 2. The Morgan fingerprint density at radius 1 is 1.23 bits per heavy atom. The van der Waals surface area contributed by atoms with Crippen molar-refractivity contribution in [2.24, 2.45) is 5.92 Å². The second kappa shape index (κ2) is 9.97. The minimum atomic E-state index is 0.00438. The van der Waals surface area contributed by atoms with Gasteiger partial charge in [-0.05, 0) is 36.1 Å². The van der Waals surface area contributed by atoms with E-state index in [1.807, 2.05) is 24.3 Å². The SMILES string of the molecule is CCCC[C@H](CC)CN1C(=O)/C(=C/c2ccc(OC)c(OC)c2)SC1=S. The summed E-state index contributed by atoms with van der Waals surface area (Å²) >= 11 is 6.83. The molecule has 1 aliphatic heterocycles. The fourth-order valence-corrected chi connectivity index (χ4v) is 4.20. The molecular formula is C20H27NO3S2. The predicted octanol–water partition coefficient (Wildman–Crippen LogP) is 5.12. The highest BCUT2D eigenvalue weighted by Gasteiger charge is 2.33. The Balaban J connectivity index is 2.15. The Bertz CT molecular complexity index is 688. The first-order valence-corrected chi connectivity index (χ1v) is 10.2. The fraction of sp³-hybridized carbons (Fsp3) is 0.500. The lowest BCUT2D eigenvalue weighted by atomic mass is 9.99. The molecule has 0 N–H and O–H groups in total. The molecule has 0 aliphatic carbocycles. The monoisotopic (exact) mass is 393 g/mol. The predicted molar refractivity (Wildman–Crippen MR) is 113 cm³/mol. The molecule has 26 heavy (non-hydrogen) atoms. The van der Waals surface area contributed by atoms with E-state index in [9.17, 15) is 4.79 Å². The Labute approximate surface area is 165 Å². The number of unbranched alkanes of at least 4 members (excludes halogenated alkanes) is 1. The summed E-state index contributed by atoms with van der Waals surface area (Å²) in [6.07, 6.45) is 6.43. The van der Waals surface area contributed by atoms with Gasteiger partial charge < -0.3 is 9.47 Å². The number of rotatable bonds is 9. The van der Waals surface area contributed by atoms with E-state index in [1.54, 1.807) is 19.1 Å². The van der Waals surface area contributed by atoms with Gasteiger partial charge in [0.15, 0.2) is 11.5 Å². The van der Waals surface area contributed by atoms with Gasteiger partial charge in [-0.1, -0.05) is 63.2 Å². The summed E-state index contributed by atoms with van der Waals surface area (Å²) in [6, 6.07) is 5.61. The van der Waals surface area contributed by atoms with Crippen LogP contribution in [0.1, 0.15) is 45.1 Å².